The molecule has 18 heavy (non-hydrogen) atoms. The van der Waals surface area contributed by atoms with Crippen molar-refractivity contribution in [1.82, 2.24) is 14.3 Å². The van der Waals surface area contributed by atoms with Gasteiger partial charge in [0.25, 0.3) is 0 Å². The third-order valence-electron chi connectivity index (χ3n) is 2.28. The fraction of sp³-hybridized carbons (Fsp3) is 0.300. The summed E-state index contributed by atoms with van der Waals surface area (Å²) < 4.78 is 28.3. The molecule has 0 saturated heterocycles. The van der Waals surface area contributed by atoms with E-state index >= 15 is 0 Å². The standard InChI is InChI=1S/C10H13N3O3S2/c14-7-9-1-2-10(17-9)18(15,16)12-4-6-13-5-3-11-8-13/h1-3,5,8,12,14H,4,6-7H2. The van der Waals surface area contributed by atoms with E-state index < -0.39 is 10.0 Å². The van der Waals surface area contributed by atoms with Crippen molar-refractivity contribution in [3.05, 3.63) is 35.7 Å². The van der Waals surface area contributed by atoms with Crippen LogP contribution in [0.4, 0.5) is 0 Å². The second-order valence-corrected chi connectivity index (χ2v) is 6.74. The number of nitrogens with zero attached hydrogens (tertiary/aromatic N) is 2. The summed E-state index contributed by atoms with van der Waals surface area (Å²) >= 11 is 1.07. The van der Waals surface area contributed by atoms with Crippen LogP contribution in [0.15, 0.2) is 35.1 Å². The fourth-order valence-corrected chi connectivity index (χ4v) is 3.67. The highest BCUT2D eigenvalue weighted by Gasteiger charge is 2.15. The average Bonchev–Trinajstić information content (AvgIpc) is 2.99. The molecular formula is C10H13N3O3S2. The van der Waals surface area contributed by atoms with Crippen LogP contribution in [0.5, 0.6) is 0 Å². The Morgan fingerprint density at radius 3 is 2.89 bits per heavy atom. The number of sulfonamides is 1. The zero-order valence-electron chi connectivity index (χ0n) is 9.48. The fourth-order valence-electron chi connectivity index (χ4n) is 1.39. The van der Waals surface area contributed by atoms with Gasteiger partial charge in [-0.2, -0.15) is 0 Å². The molecule has 6 nitrogen and oxygen atoms in total. The van der Waals surface area contributed by atoms with Gasteiger partial charge < -0.3 is 9.67 Å². The Kier molecular flexibility index (Phi) is 4.12. The Balaban J connectivity index is 1.95. The van der Waals surface area contributed by atoms with Crippen LogP contribution in [0.25, 0.3) is 0 Å². The van der Waals surface area contributed by atoms with Gasteiger partial charge in [-0.15, -0.1) is 11.3 Å². The van der Waals surface area contributed by atoms with Gasteiger partial charge in [-0.25, -0.2) is 18.1 Å². The van der Waals surface area contributed by atoms with E-state index in [1.54, 1.807) is 29.4 Å². The molecule has 0 bridgehead atoms. The molecule has 98 valence electrons. The van der Waals surface area contributed by atoms with Gasteiger partial charge in [-0.3, -0.25) is 0 Å². The van der Waals surface area contributed by atoms with Crippen LogP contribution in [0.3, 0.4) is 0 Å². The molecule has 2 rings (SSSR count). The Morgan fingerprint density at radius 1 is 1.44 bits per heavy atom. The summed E-state index contributed by atoms with van der Waals surface area (Å²) in [6, 6.07) is 3.10. The van der Waals surface area contributed by atoms with Gasteiger partial charge in [0.2, 0.25) is 10.0 Å². The minimum absolute atomic E-state index is 0.144. The van der Waals surface area contributed by atoms with Gasteiger partial charge in [-0.05, 0) is 12.1 Å². The van der Waals surface area contributed by atoms with Crippen molar-refractivity contribution in [2.45, 2.75) is 17.4 Å². The van der Waals surface area contributed by atoms with Crippen LogP contribution < -0.4 is 4.72 Å². The van der Waals surface area contributed by atoms with Crippen molar-refractivity contribution in [1.29, 1.82) is 0 Å². The molecule has 0 radical (unpaired) electrons. The highest BCUT2D eigenvalue weighted by atomic mass is 32.2. The van der Waals surface area contributed by atoms with E-state index in [0.717, 1.165) is 11.3 Å². The van der Waals surface area contributed by atoms with Crippen molar-refractivity contribution < 1.29 is 13.5 Å². The molecule has 0 aliphatic heterocycles. The topological polar surface area (TPSA) is 84.2 Å². The summed E-state index contributed by atoms with van der Waals surface area (Å²) in [7, 11) is -3.48. The van der Waals surface area contributed by atoms with E-state index in [2.05, 4.69) is 9.71 Å². The highest BCUT2D eigenvalue weighted by molar-refractivity contribution is 7.91. The zero-order chi connectivity index (χ0) is 13.0. The summed E-state index contributed by atoms with van der Waals surface area (Å²) in [6.07, 6.45) is 5.04. The Labute approximate surface area is 109 Å². The van der Waals surface area contributed by atoms with Gasteiger partial charge in [0.05, 0.1) is 12.9 Å². The molecule has 0 atom stereocenters. The third kappa shape index (κ3) is 3.16. The number of aromatic nitrogens is 2. The maximum Gasteiger partial charge on any atom is 0.250 e. The number of hydrogen-bond acceptors (Lipinski definition) is 5. The van der Waals surface area contributed by atoms with Gasteiger partial charge in [0.1, 0.15) is 4.21 Å². The molecule has 0 aliphatic rings. The number of nitrogens with one attached hydrogen (secondary N) is 1. The number of aliphatic hydroxyl groups excluding tert-OH is 1. The smallest absolute Gasteiger partial charge is 0.250 e. The van der Waals surface area contributed by atoms with Crippen molar-refractivity contribution in [2.75, 3.05) is 6.54 Å². The normalized spacial score (nSPS) is 11.8. The molecule has 2 heterocycles. The predicted octanol–water partition coefficient (Wildman–Crippen LogP) is 0.415. The Morgan fingerprint density at radius 2 is 2.28 bits per heavy atom. The summed E-state index contributed by atoms with van der Waals surface area (Å²) in [5.41, 5.74) is 0. The second-order valence-electron chi connectivity index (χ2n) is 3.58. The van der Waals surface area contributed by atoms with Crippen molar-refractivity contribution in [2.24, 2.45) is 0 Å². The summed E-state index contributed by atoms with van der Waals surface area (Å²) in [4.78, 5) is 4.50. The number of imidazole rings is 1. The minimum Gasteiger partial charge on any atom is -0.391 e. The lowest BCUT2D eigenvalue weighted by Crippen LogP contribution is -2.26. The largest absolute Gasteiger partial charge is 0.391 e. The molecule has 0 aromatic carbocycles. The third-order valence-corrected chi connectivity index (χ3v) is 5.30. The molecule has 0 saturated carbocycles. The monoisotopic (exact) mass is 287 g/mol. The van der Waals surface area contributed by atoms with Crippen LogP contribution >= 0.6 is 11.3 Å². The molecule has 0 spiro atoms. The molecule has 0 unspecified atom stereocenters. The molecule has 0 aliphatic carbocycles. The van der Waals surface area contributed by atoms with E-state index in [4.69, 9.17) is 5.11 Å². The van der Waals surface area contributed by atoms with Gasteiger partial charge in [0.15, 0.2) is 0 Å². The number of aliphatic hydroxyl groups is 1. The van der Waals surface area contributed by atoms with Gasteiger partial charge >= 0.3 is 0 Å². The van der Waals surface area contributed by atoms with E-state index in [9.17, 15) is 8.42 Å². The van der Waals surface area contributed by atoms with E-state index in [1.807, 2.05) is 0 Å². The quantitative estimate of drug-likeness (QED) is 0.806. The zero-order valence-corrected chi connectivity index (χ0v) is 11.1. The van der Waals surface area contributed by atoms with Gasteiger partial charge in [0, 0.05) is 30.4 Å². The van der Waals surface area contributed by atoms with Crippen LogP contribution in [0.1, 0.15) is 4.88 Å². The maximum absolute atomic E-state index is 11.9. The first kappa shape index (κ1) is 13.2. The number of rotatable bonds is 6. The number of thiophene rings is 1. The maximum atomic E-state index is 11.9. The lowest BCUT2D eigenvalue weighted by molar-refractivity contribution is 0.285. The van der Waals surface area contributed by atoms with E-state index in [-0.39, 0.29) is 10.8 Å². The van der Waals surface area contributed by atoms with Crippen molar-refractivity contribution in [3.8, 4) is 0 Å². The first-order valence-corrected chi connectivity index (χ1v) is 7.57. The molecule has 0 fully saturated rings. The molecule has 2 N–H and O–H groups in total. The molecule has 0 amide bonds. The first-order chi connectivity index (χ1) is 8.62. The lowest BCUT2D eigenvalue weighted by atomic mass is 10.5. The summed E-state index contributed by atoms with van der Waals surface area (Å²) in [5, 5.41) is 8.90. The Bertz CT molecular complexity index is 590. The van der Waals surface area contributed by atoms with Crippen LogP contribution in [0, 0.1) is 0 Å². The second kappa shape index (κ2) is 5.61. The van der Waals surface area contributed by atoms with E-state index in [1.165, 1.54) is 6.07 Å². The summed E-state index contributed by atoms with van der Waals surface area (Å²) in [6.45, 7) is 0.678. The number of hydrogen-bond donors (Lipinski definition) is 2. The van der Waals surface area contributed by atoms with E-state index in [0.29, 0.717) is 18.0 Å². The predicted molar refractivity (Wildman–Crippen MR) is 67.7 cm³/mol. The van der Waals surface area contributed by atoms with Crippen LogP contribution in [-0.4, -0.2) is 29.6 Å². The van der Waals surface area contributed by atoms with Crippen LogP contribution in [0.2, 0.25) is 0 Å². The SMILES string of the molecule is O=S(=O)(NCCn1ccnc1)c1ccc(CO)s1. The molecule has 8 heteroatoms. The lowest BCUT2D eigenvalue weighted by Gasteiger charge is -2.05. The first-order valence-electron chi connectivity index (χ1n) is 5.27. The molecular weight excluding hydrogens is 274 g/mol. The summed E-state index contributed by atoms with van der Waals surface area (Å²) in [5.74, 6) is 0. The van der Waals surface area contributed by atoms with Gasteiger partial charge in [-0.1, -0.05) is 0 Å². The van der Waals surface area contributed by atoms with Crippen LogP contribution in [-0.2, 0) is 23.2 Å². The van der Waals surface area contributed by atoms with Crippen molar-refractivity contribution in [3.63, 3.8) is 0 Å². The highest BCUT2D eigenvalue weighted by Crippen LogP contribution is 2.21. The molecule has 2 aromatic rings. The Hall–Kier alpha value is -1.22. The minimum atomic E-state index is -3.48. The molecule has 2 aromatic heterocycles. The van der Waals surface area contributed by atoms with Crippen molar-refractivity contribution >= 4 is 21.4 Å². The average molecular weight is 287 g/mol.